The molecule has 1 atom stereocenters. The Kier molecular flexibility index (Phi) is 3.26. The molecule has 1 saturated heterocycles. The molecule has 104 valence electrons. The summed E-state index contributed by atoms with van der Waals surface area (Å²) in [4.78, 5) is 14.1. The maximum Gasteiger partial charge on any atom is 0.257 e. The quantitative estimate of drug-likeness (QED) is 0.845. The standard InChI is InChI=1S/C15H15FN2O2/c1-10-9-14(20-17-10)13-7-4-8-18(13)15(19)11-5-2-3-6-12(11)16/h2-3,5-6,9,13H,4,7-8H2,1H3/t13-/m1/s1. The van der Waals surface area contributed by atoms with Crippen LogP contribution in [0.5, 0.6) is 0 Å². The number of benzene rings is 1. The van der Waals surface area contributed by atoms with Crippen molar-refractivity contribution in [1.29, 1.82) is 0 Å². The van der Waals surface area contributed by atoms with Crippen molar-refractivity contribution in [2.45, 2.75) is 25.8 Å². The van der Waals surface area contributed by atoms with Crippen LogP contribution in [0, 0.1) is 12.7 Å². The Morgan fingerprint density at radius 3 is 2.95 bits per heavy atom. The van der Waals surface area contributed by atoms with Crippen molar-refractivity contribution < 1.29 is 13.7 Å². The zero-order valence-electron chi connectivity index (χ0n) is 11.2. The number of likely N-dealkylation sites (tertiary alicyclic amines) is 1. The van der Waals surface area contributed by atoms with E-state index < -0.39 is 5.82 Å². The fourth-order valence-corrected chi connectivity index (χ4v) is 2.64. The van der Waals surface area contributed by atoms with Crippen LogP contribution in [0.2, 0.25) is 0 Å². The fourth-order valence-electron chi connectivity index (χ4n) is 2.64. The minimum absolute atomic E-state index is 0.107. The number of hydrogen-bond donors (Lipinski definition) is 0. The zero-order valence-corrected chi connectivity index (χ0v) is 11.2. The molecule has 0 spiro atoms. The highest BCUT2D eigenvalue weighted by Crippen LogP contribution is 2.33. The third-order valence-electron chi connectivity index (χ3n) is 3.59. The van der Waals surface area contributed by atoms with Gasteiger partial charge < -0.3 is 9.42 Å². The van der Waals surface area contributed by atoms with Crippen molar-refractivity contribution >= 4 is 5.91 Å². The van der Waals surface area contributed by atoms with Crippen molar-refractivity contribution in [1.82, 2.24) is 10.1 Å². The molecule has 1 aliphatic rings. The Balaban J connectivity index is 1.89. The molecule has 2 heterocycles. The molecule has 0 unspecified atom stereocenters. The van der Waals surface area contributed by atoms with Gasteiger partial charge in [0.05, 0.1) is 17.3 Å². The van der Waals surface area contributed by atoms with Gasteiger partial charge in [0.15, 0.2) is 5.76 Å². The number of amides is 1. The second-order valence-corrected chi connectivity index (χ2v) is 5.01. The van der Waals surface area contributed by atoms with Gasteiger partial charge >= 0.3 is 0 Å². The SMILES string of the molecule is Cc1cc([C@H]2CCCN2C(=O)c2ccccc2F)on1. The molecule has 4 nitrogen and oxygen atoms in total. The largest absolute Gasteiger partial charge is 0.359 e. The second kappa shape index (κ2) is 5.07. The summed E-state index contributed by atoms with van der Waals surface area (Å²) in [6.07, 6.45) is 1.69. The Bertz CT molecular complexity index is 638. The highest BCUT2D eigenvalue weighted by Gasteiger charge is 2.33. The molecule has 3 rings (SSSR count). The fraction of sp³-hybridized carbons (Fsp3) is 0.333. The number of carbonyl (C=O) groups excluding carboxylic acids is 1. The third kappa shape index (κ3) is 2.19. The molecule has 0 bridgehead atoms. The minimum atomic E-state index is -0.489. The van der Waals surface area contributed by atoms with Crippen LogP contribution in [0.3, 0.4) is 0 Å². The monoisotopic (exact) mass is 274 g/mol. The summed E-state index contributed by atoms with van der Waals surface area (Å²) in [6.45, 7) is 2.45. The van der Waals surface area contributed by atoms with E-state index in [4.69, 9.17) is 4.52 Å². The van der Waals surface area contributed by atoms with E-state index >= 15 is 0 Å². The summed E-state index contributed by atoms with van der Waals surface area (Å²) in [6, 6.07) is 7.74. The van der Waals surface area contributed by atoms with Gasteiger partial charge in [-0.1, -0.05) is 17.3 Å². The summed E-state index contributed by atoms with van der Waals surface area (Å²) >= 11 is 0. The third-order valence-corrected chi connectivity index (χ3v) is 3.59. The number of hydrogen-bond acceptors (Lipinski definition) is 3. The Hall–Kier alpha value is -2.17. The maximum atomic E-state index is 13.7. The first-order valence-electron chi connectivity index (χ1n) is 6.65. The van der Waals surface area contributed by atoms with Crippen molar-refractivity contribution in [2.24, 2.45) is 0 Å². The molecule has 2 aromatic rings. The van der Waals surface area contributed by atoms with Gasteiger partial charge in [0.1, 0.15) is 5.82 Å². The molecule has 20 heavy (non-hydrogen) atoms. The smallest absolute Gasteiger partial charge is 0.257 e. The van der Waals surface area contributed by atoms with E-state index in [-0.39, 0.29) is 17.5 Å². The molecule has 1 fully saturated rings. The van der Waals surface area contributed by atoms with Crippen LogP contribution in [0.15, 0.2) is 34.9 Å². The van der Waals surface area contributed by atoms with Crippen molar-refractivity contribution in [3.05, 3.63) is 53.2 Å². The molecule has 0 radical (unpaired) electrons. The summed E-state index contributed by atoms with van der Waals surface area (Å²) in [7, 11) is 0. The maximum absolute atomic E-state index is 13.7. The molecule has 0 aliphatic carbocycles. The van der Waals surface area contributed by atoms with Gasteiger partial charge in [-0.3, -0.25) is 4.79 Å². The van der Waals surface area contributed by atoms with Gasteiger partial charge in [-0.05, 0) is 31.9 Å². The van der Waals surface area contributed by atoms with E-state index in [9.17, 15) is 9.18 Å². The van der Waals surface area contributed by atoms with Gasteiger partial charge in [-0.2, -0.15) is 0 Å². The van der Waals surface area contributed by atoms with E-state index in [2.05, 4.69) is 5.16 Å². The van der Waals surface area contributed by atoms with Crippen LogP contribution < -0.4 is 0 Å². The number of halogens is 1. The van der Waals surface area contributed by atoms with Gasteiger partial charge in [0.2, 0.25) is 0 Å². The first kappa shape index (κ1) is 12.8. The van der Waals surface area contributed by atoms with E-state index in [0.29, 0.717) is 12.3 Å². The number of rotatable bonds is 2. The van der Waals surface area contributed by atoms with Crippen molar-refractivity contribution in [2.75, 3.05) is 6.54 Å². The lowest BCUT2D eigenvalue weighted by atomic mass is 10.1. The predicted octanol–water partition coefficient (Wildman–Crippen LogP) is 3.10. The molecule has 1 aromatic carbocycles. The number of carbonyl (C=O) groups is 1. The molecular formula is C15H15FN2O2. The van der Waals surface area contributed by atoms with E-state index in [1.54, 1.807) is 17.0 Å². The van der Waals surface area contributed by atoms with Crippen molar-refractivity contribution in [3.8, 4) is 0 Å². The Morgan fingerprint density at radius 2 is 2.25 bits per heavy atom. The van der Waals surface area contributed by atoms with E-state index in [1.165, 1.54) is 12.1 Å². The molecule has 0 saturated carbocycles. The van der Waals surface area contributed by atoms with E-state index in [0.717, 1.165) is 18.5 Å². The summed E-state index contributed by atoms with van der Waals surface area (Å²) < 4.78 is 19.0. The molecular weight excluding hydrogens is 259 g/mol. The van der Waals surface area contributed by atoms with Gasteiger partial charge in [0, 0.05) is 12.6 Å². The summed E-state index contributed by atoms with van der Waals surface area (Å²) in [5, 5.41) is 3.86. The Morgan fingerprint density at radius 1 is 1.45 bits per heavy atom. The number of aromatic nitrogens is 1. The van der Waals surface area contributed by atoms with E-state index in [1.807, 2.05) is 13.0 Å². The van der Waals surface area contributed by atoms with Crippen LogP contribution in [-0.2, 0) is 0 Å². The average molecular weight is 274 g/mol. The van der Waals surface area contributed by atoms with Crippen LogP contribution in [-0.4, -0.2) is 22.5 Å². The molecule has 1 aliphatic heterocycles. The topological polar surface area (TPSA) is 46.3 Å². The van der Waals surface area contributed by atoms with Gasteiger partial charge in [0.25, 0.3) is 5.91 Å². The highest BCUT2D eigenvalue weighted by molar-refractivity contribution is 5.94. The number of aryl methyl sites for hydroxylation is 1. The lowest BCUT2D eigenvalue weighted by Crippen LogP contribution is -2.31. The number of nitrogens with zero attached hydrogens (tertiary/aromatic N) is 2. The average Bonchev–Trinajstić information content (AvgIpc) is 3.06. The molecule has 1 aromatic heterocycles. The first-order chi connectivity index (χ1) is 9.66. The van der Waals surface area contributed by atoms with Crippen LogP contribution in [0.1, 0.15) is 40.7 Å². The normalized spacial score (nSPS) is 18.5. The minimum Gasteiger partial charge on any atom is -0.359 e. The molecule has 5 heteroatoms. The molecule has 0 N–H and O–H groups in total. The first-order valence-corrected chi connectivity index (χ1v) is 6.65. The second-order valence-electron chi connectivity index (χ2n) is 5.01. The highest BCUT2D eigenvalue weighted by atomic mass is 19.1. The zero-order chi connectivity index (χ0) is 14.1. The van der Waals surface area contributed by atoms with Crippen LogP contribution >= 0.6 is 0 Å². The summed E-state index contributed by atoms with van der Waals surface area (Å²) in [5.74, 6) is -0.110. The lowest BCUT2D eigenvalue weighted by Gasteiger charge is -2.22. The summed E-state index contributed by atoms with van der Waals surface area (Å²) in [5.41, 5.74) is 0.890. The Labute approximate surface area is 116 Å². The van der Waals surface area contributed by atoms with Crippen LogP contribution in [0.4, 0.5) is 4.39 Å². The van der Waals surface area contributed by atoms with Crippen molar-refractivity contribution in [3.63, 3.8) is 0 Å². The predicted molar refractivity (Wildman–Crippen MR) is 70.7 cm³/mol. The molecule has 1 amide bonds. The van der Waals surface area contributed by atoms with Gasteiger partial charge in [-0.15, -0.1) is 0 Å². The van der Waals surface area contributed by atoms with Gasteiger partial charge in [-0.25, -0.2) is 4.39 Å². The van der Waals surface area contributed by atoms with Crippen LogP contribution in [0.25, 0.3) is 0 Å². The lowest BCUT2D eigenvalue weighted by molar-refractivity contribution is 0.0710.